The van der Waals surface area contributed by atoms with E-state index < -0.39 is 0 Å². The molecule has 5 nitrogen and oxygen atoms in total. The van der Waals surface area contributed by atoms with Gasteiger partial charge in [-0.15, -0.1) is 0 Å². The van der Waals surface area contributed by atoms with Crippen LogP contribution in [0.5, 0.6) is 0 Å². The van der Waals surface area contributed by atoms with Crippen molar-refractivity contribution in [2.75, 3.05) is 38.8 Å². The maximum absolute atomic E-state index is 11.9. The first-order valence-electron chi connectivity index (χ1n) is 6.11. The number of nitrogens with zero attached hydrogens (tertiary/aromatic N) is 3. The maximum Gasteiger partial charge on any atom is 0.253 e. The number of hydrogen-bond acceptors (Lipinski definition) is 4. The Balaban J connectivity index is 2.23. The number of morpholine rings is 1. The molecule has 1 unspecified atom stereocenters. The van der Waals surface area contributed by atoms with E-state index in [4.69, 9.17) is 4.74 Å². The number of anilines is 1. The Kier molecular flexibility index (Phi) is 3.81. The molecule has 98 valence electrons. The van der Waals surface area contributed by atoms with Crippen LogP contribution in [0.2, 0.25) is 0 Å². The summed E-state index contributed by atoms with van der Waals surface area (Å²) < 4.78 is 5.40. The predicted molar refractivity (Wildman–Crippen MR) is 69.9 cm³/mol. The summed E-state index contributed by atoms with van der Waals surface area (Å²) in [5.74, 6) is 0.845. The molecule has 1 aliphatic heterocycles. The van der Waals surface area contributed by atoms with Gasteiger partial charge in [0, 0.05) is 32.4 Å². The monoisotopic (exact) mass is 249 g/mol. The summed E-state index contributed by atoms with van der Waals surface area (Å²) in [5.41, 5.74) is 0.670. The Labute approximate surface area is 107 Å². The molecule has 1 aliphatic rings. The third-order valence-electron chi connectivity index (χ3n) is 3.06. The highest BCUT2D eigenvalue weighted by molar-refractivity contribution is 5.94. The number of amides is 1. The number of carbonyl (C=O) groups is 1. The molecule has 1 atom stereocenters. The molecule has 1 saturated heterocycles. The normalized spacial score (nSPS) is 19.7. The SMILES string of the molecule is CC1COCCN1c1cc(C(=O)N(C)C)ccn1. The van der Waals surface area contributed by atoms with Gasteiger partial charge >= 0.3 is 0 Å². The molecule has 5 heteroatoms. The van der Waals surface area contributed by atoms with Gasteiger partial charge in [-0.3, -0.25) is 4.79 Å². The lowest BCUT2D eigenvalue weighted by atomic mass is 10.2. The zero-order valence-electron chi connectivity index (χ0n) is 11.1. The van der Waals surface area contributed by atoms with Gasteiger partial charge < -0.3 is 14.5 Å². The Morgan fingerprint density at radius 1 is 1.56 bits per heavy atom. The van der Waals surface area contributed by atoms with Gasteiger partial charge in [-0.2, -0.15) is 0 Å². The highest BCUT2D eigenvalue weighted by Crippen LogP contribution is 2.18. The molecule has 1 aromatic rings. The van der Waals surface area contributed by atoms with Crippen molar-refractivity contribution in [3.05, 3.63) is 23.9 Å². The summed E-state index contributed by atoms with van der Waals surface area (Å²) in [7, 11) is 3.50. The van der Waals surface area contributed by atoms with Crippen LogP contribution >= 0.6 is 0 Å². The van der Waals surface area contributed by atoms with E-state index in [1.165, 1.54) is 0 Å². The molecule has 18 heavy (non-hydrogen) atoms. The number of rotatable bonds is 2. The van der Waals surface area contributed by atoms with Crippen LogP contribution in [0.3, 0.4) is 0 Å². The highest BCUT2D eigenvalue weighted by Gasteiger charge is 2.21. The second-order valence-electron chi connectivity index (χ2n) is 4.72. The lowest BCUT2D eigenvalue weighted by Gasteiger charge is -2.34. The second-order valence-corrected chi connectivity index (χ2v) is 4.72. The lowest BCUT2D eigenvalue weighted by Crippen LogP contribution is -2.44. The Hall–Kier alpha value is -1.62. The van der Waals surface area contributed by atoms with Gasteiger partial charge in [-0.25, -0.2) is 4.98 Å². The van der Waals surface area contributed by atoms with Crippen LogP contribution < -0.4 is 4.90 Å². The smallest absolute Gasteiger partial charge is 0.253 e. The molecule has 2 heterocycles. The standard InChI is InChI=1S/C13H19N3O2/c1-10-9-18-7-6-16(10)12-8-11(4-5-14-12)13(17)15(2)3/h4-5,8,10H,6-7,9H2,1-3H3. The minimum Gasteiger partial charge on any atom is -0.377 e. The van der Waals surface area contributed by atoms with Crippen molar-refractivity contribution >= 4 is 11.7 Å². The third-order valence-corrected chi connectivity index (χ3v) is 3.06. The molecule has 0 bridgehead atoms. The zero-order chi connectivity index (χ0) is 13.1. The summed E-state index contributed by atoms with van der Waals surface area (Å²) >= 11 is 0. The van der Waals surface area contributed by atoms with E-state index in [1.54, 1.807) is 31.3 Å². The highest BCUT2D eigenvalue weighted by atomic mass is 16.5. The van der Waals surface area contributed by atoms with Crippen LogP contribution in [0, 0.1) is 0 Å². The van der Waals surface area contributed by atoms with E-state index >= 15 is 0 Å². The van der Waals surface area contributed by atoms with Crippen LogP contribution in [-0.2, 0) is 4.74 Å². The first-order valence-corrected chi connectivity index (χ1v) is 6.11. The molecule has 2 rings (SSSR count). The fourth-order valence-corrected chi connectivity index (χ4v) is 2.03. The van der Waals surface area contributed by atoms with E-state index in [9.17, 15) is 4.79 Å². The van der Waals surface area contributed by atoms with E-state index in [2.05, 4.69) is 16.8 Å². The number of pyridine rings is 1. The zero-order valence-corrected chi connectivity index (χ0v) is 11.1. The fraction of sp³-hybridized carbons (Fsp3) is 0.538. The summed E-state index contributed by atoms with van der Waals surface area (Å²) in [6.45, 7) is 4.32. The minimum absolute atomic E-state index is 0.000405. The first kappa shape index (κ1) is 12.8. The van der Waals surface area contributed by atoms with E-state index in [1.807, 2.05) is 6.07 Å². The Morgan fingerprint density at radius 3 is 3.00 bits per heavy atom. The molecular formula is C13H19N3O2. The van der Waals surface area contributed by atoms with Crippen LogP contribution in [0.25, 0.3) is 0 Å². The van der Waals surface area contributed by atoms with Crippen LogP contribution in [0.4, 0.5) is 5.82 Å². The number of hydrogen-bond donors (Lipinski definition) is 0. The summed E-state index contributed by atoms with van der Waals surface area (Å²) in [6.07, 6.45) is 1.69. The summed E-state index contributed by atoms with van der Waals surface area (Å²) in [5, 5.41) is 0. The molecule has 0 aromatic carbocycles. The minimum atomic E-state index is -0.000405. The van der Waals surface area contributed by atoms with Crippen molar-refractivity contribution in [3.8, 4) is 0 Å². The number of aromatic nitrogens is 1. The van der Waals surface area contributed by atoms with Gasteiger partial charge in [0.05, 0.1) is 19.3 Å². The molecule has 0 N–H and O–H groups in total. The van der Waals surface area contributed by atoms with Crippen molar-refractivity contribution in [2.45, 2.75) is 13.0 Å². The number of ether oxygens (including phenoxy) is 1. The van der Waals surface area contributed by atoms with E-state index in [-0.39, 0.29) is 11.9 Å². The van der Waals surface area contributed by atoms with Crippen molar-refractivity contribution in [3.63, 3.8) is 0 Å². The molecule has 1 amide bonds. The number of carbonyl (C=O) groups excluding carboxylic acids is 1. The first-order chi connectivity index (χ1) is 8.59. The molecule has 1 fully saturated rings. The quantitative estimate of drug-likeness (QED) is 0.784. The van der Waals surface area contributed by atoms with Gasteiger partial charge in [-0.1, -0.05) is 0 Å². The lowest BCUT2D eigenvalue weighted by molar-refractivity contribution is 0.0827. The molecular weight excluding hydrogens is 230 g/mol. The topological polar surface area (TPSA) is 45.7 Å². The second kappa shape index (κ2) is 5.35. The fourth-order valence-electron chi connectivity index (χ4n) is 2.03. The van der Waals surface area contributed by atoms with E-state index in [0.29, 0.717) is 18.8 Å². The van der Waals surface area contributed by atoms with Crippen LogP contribution in [0.1, 0.15) is 17.3 Å². The third kappa shape index (κ3) is 2.61. The van der Waals surface area contributed by atoms with E-state index in [0.717, 1.165) is 12.4 Å². The van der Waals surface area contributed by atoms with Gasteiger partial charge in [0.15, 0.2) is 0 Å². The average molecular weight is 249 g/mol. The summed E-state index contributed by atoms with van der Waals surface area (Å²) in [4.78, 5) is 20.0. The van der Waals surface area contributed by atoms with Crippen LogP contribution in [-0.4, -0.2) is 55.7 Å². The van der Waals surface area contributed by atoms with Crippen molar-refractivity contribution < 1.29 is 9.53 Å². The Morgan fingerprint density at radius 2 is 2.33 bits per heavy atom. The maximum atomic E-state index is 11.9. The van der Waals surface area contributed by atoms with Gasteiger partial charge in [-0.05, 0) is 19.1 Å². The Bertz CT molecular complexity index is 434. The van der Waals surface area contributed by atoms with Crippen molar-refractivity contribution in [1.82, 2.24) is 9.88 Å². The van der Waals surface area contributed by atoms with Crippen molar-refractivity contribution in [1.29, 1.82) is 0 Å². The average Bonchev–Trinajstić information content (AvgIpc) is 2.38. The predicted octanol–water partition coefficient (Wildman–Crippen LogP) is 1.01. The van der Waals surface area contributed by atoms with Crippen LogP contribution in [0.15, 0.2) is 18.3 Å². The largest absolute Gasteiger partial charge is 0.377 e. The molecule has 0 aliphatic carbocycles. The molecule has 0 saturated carbocycles. The molecule has 0 radical (unpaired) electrons. The molecule has 0 spiro atoms. The van der Waals surface area contributed by atoms with Gasteiger partial charge in [0.1, 0.15) is 5.82 Å². The molecule has 1 aromatic heterocycles. The van der Waals surface area contributed by atoms with Gasteiger partial charge in [0.25, 0.3) is 5.91 Å². The van der Waals surface area contributed by atoms with Gasteiger partial charge in [0.2, 0.25) is 0 Å². The van der Waals surface area contributed by atoms with Crippen molar-refractivity contribution in [2.24, 2.45) is 0 Å². The summed E-state index contributed by atoms with van der Waals surface area (Å²) in [6, 6.07) is 3.89.